The molecule has 4 rings (SSSR count). The number of fused-ring (bicyclic) bond motifs is 1. The molecule has 0 saturated heterocycles. The van der Waals surface area contributed by atoms with Gasteiger partial charge in [0.25, 0.3) is 5.91 Å². The molecule has 2 unspecified atom stereocenters. The summed E-state index contributed by atoms with van der Waals surface area (Å²) in [4.78, 5) is 28.0. The first-order valence-electron chi connectivity index (χ1n) is 11.7. The van der Waals surface area contributed by atoms with Crippen LogP contribution in [-0.2, 0) is 26.2 Å². The van der Waals surface area contributed by atoms with E-state index in [1.165, 1.54) is 12.0 Å². The van der Waals surface area contributed by atoms with Gasteiger partial charge in [0.15, 0.2) is 6.10 Å². The predicted molar refractivity (Wildman–Crippen MR) is 140 cm³/mol. The van der Waals surface area contributed by atoms with Crippen molar-refractivity contribution in [2.24, 2.45) is 0 Å². The highest BCUT2D eigenvalue weighted by atomic mass is 32.2. The second kappa shape index (κ2) is 11.4. The summed E-state index contributed by atoms with van der Waals surface area (Å²) < 4.78 is 37.8. The van der Waals surface area contributed by atoms with Crippen molar-refractivity contribution in [2.75, 3.05) is 24.8 Å². The highest BCUT2D eigenvalue weighted by Gasteiger charge is 2.35. The second-order valence-electron chi connectivity index (χ2n) is 8.70. The first-order valence-corrected chi connectivity index (χ1v) is 13.6. The van der Waals surface area contributed by atoms with E-state index < -0.39 is 22.2 Å². The summed E-state index contributed by atoms with van der Waals surface area (Å²) in [6.07, 6.45) is -0.0399. The Morgan fingerprint density at radius 1 is 1.03 bits per heavy atom. The fourth-order valence-electron chi connectivity index (χ4n) is 4.11. The van der Waals surface area contributed by atoms with Gasteiger partial charge >= 0.3 is 0 Å². The van der Waals surface area contributed by atoms with Crippen LogP contribution in [0.2, 0.25) is 0 Å². The Balaban J connectivity index is 1.54. The van der Waals surface area contributed by atoms with Crippen LogP contribution in [0.25, 0.3) is 0 Å². The fourth-order valence-corrected chi connectivity index (χ4v) is 4.85. The van der Waals surface area contributed by atoms with Crippen LogP contribution in [0.4, 0.5) is 5.69 Å². The maximum atomic E-state index is 13.6. The van der Waals surface area contributed by atoms with Crippen LogP contribution in [0.1, 0.15) is 23.6 Å². The zero-order valence-corrected chi connectivity index (χ0v) is 21.4. The maximum Gasteiger partial charge on any atom is 0.263 e. The van der Waals surface area contributed by atoms with Crippen LogP contribution in [0.3, 0.4) is 0 Å². The van der Waals surface area contributed by atoms with Gasteiger partial charge in [-0.15, -0.1) is 0 Å². The second-order valence-corrected chi connectivity index (χ2v) is 10.5. The summed E-state index contributed by atoms with van der Waals surface area (Å²) in [7, 11) is -2.09. The van der Waals surface area contributed by atoms with Crippen molar-refractivity contribution in [3.63, 3.8) is 0 Å². The SMILES string of the molecule is COc1ccc(C(CC(=O)N2CC(C(=O)NCc3ccccc3)Oc3ccccc32)NS(C)(=O)=O)cc1. The highest BCUT2D eigenvalue weighted by Crippen LogP contribution is 2.34. The number of nitrogens with zero attached hydrogens (tertiary/aromatic N) is 1. The molecule has 37 heavy (non-hydrogen) atoms. The molecule has 10 heteroatoms. The van der Waals surface area contributed by atoms with E-state index in [1.807, 2.05) is 30.3 Å². The van der Waals surface area contributed by atoms with Crippen molar-refractivity contribution in [1.82, 2.24) is 10.0 Å². The highest BCUT2D eigenvalue weighted by molar-refractivity contribution is 7.88. The van der Waals surface area contributed by atoms with E-state index in [-0.39, 0.29) is 24.8 Å². The Morgan fingerprint density at radius 3 is 2.38 bits per heavy atom. The molecule has 1 aliphatic rings. The molecule has 9 nitrogen and oxygen atoms in total. The number of sulfonamides is 1. The number of amides is 2. The molecule has 3 aromatic carbocycles. The minimum Gasteiger partial charge on any atom is -0.497 e. The van der Waals surface area contributed by atoms with Crippen LogP contribution < -0.4 is 24.4 Å². The number of ether oxygens (including phenoxy) is 2. The van der Waals surface area contributed by atoms with Crippen molar-refractivity contribution in [3.8, 4) is 11.5 Å². The standard InChI is InChI=1S/C27H29N3O6S/c1-35-21-14-12-20(13-15-21)22(29-37(2,33)34)16-26(31)30-18-25(36-24-11-7-6-10-23(24)30)27(32)28-17-19-8-4-3-5-9-19/h3-15,22,25,29H,16-18H2,1-2H3,(H,28,32). The molecule has 2 atom stereocenters. The summed E-state index contributed by atoms with van der Waals surface area (Å²) >= 11 is 0. The Hall–Kier alpha value is -3.89. The number of methoxy groups -OCH3 is 1. The number of hydrogen-bond donors (Lipinski definition) is 2. The average molecular weight is 524 g/mol. The Kier molecular flexibility index (Phi) is 8.10. The monoisotopic (exact) mass is 523 g/mol. The zero-order valence-electron chi connectivity index (χ0n) is 20.6. The van der Waals surface area contributed by atoms with Crippen LogP contribution >= 0.6 is 0 Å². The van der Waals surface area contributed by atoms with E-state index in [1.54, 1.807) is 48.5 Å². The third-order valence-corrected chi connectivity index (χ3v) is 6.64. The van der Waals surface area contributed by atoms with Gasteiger partial charge in [0.1, 0.15) is 11.5 Å². The Labute approximate surface area is 216 Å². The number of hydrogen-bond acceptors (Lipinski definition) is 6. The van der Waals surface area contributed by atoms with Crippen molar-refractivity contribution in [1.29, 1.82) is 0 Å². The summed E-state index contributed by atoms with van der Waals surface area (Å²) in [5.74, 6) is 0.310. The third-order valence-electron chi connectivity index (χ3n) is 5.93. The molecule has 1 aliphatic heterocycles. The van der Waals surface area contributed by atoms with E-state index in [0.29, 0.717) is 29.3 Å². The molecule has 0 fully saturated rings. The first-order chi connectivity index (χ1) is 17.7. The summed E-state index contributed by atoms with van der Waals surface area (Å²) in [6, 6.07) is 22.5. The molecule has 2 amide bonds. The number of benzene rings is 3. The lowest BCUT2D eigenvalue weighted by atomic mass is 10.0. The lowest BCUT2D eigenvalue weighted by Gasteiger charge is -2.35. The van der Waals surface area contributed by atoms with Gasteiger partial charge in [-0.05, 0) is 35.4 Å². The number of anilines is 1. The van der Waals surface area contributed by atoms with Crippen molar-refractivity contribution in [2.45, 2.75) is 25.1 Å². The molecule has 0 aromatic heterocycles. The quantitative estimate of drug-likeness (QED) is 0.446. The molecule has 3 aromatic rings. The Morgan fingerprint density at radius 2 is 1.70 bits per heavy atom. The van der Waals surface area contributed by atoms with E-state index in [0.717, 1.165) is 11.8 Å². The van der Waals surface area contributed by atoms with Crippen molar-refractivity contribution < 1.29 is 27.5 Å². The minimum atomic E-state index is -3.62. The molecule has 0 bridgehead atoms. The summed E-state index contributed by atoms with van der Waals surface area (Å²) in [6.45, 7) is 0.317. The molecule has 0 saturated carbocycles. The van der Waals surface area contributed by atoms with Gasteiger partial charge < -0.3 is 19.7 Å². The topological polar surface area (TPSA) is 114 Å². The average Bonchev–Trinajstić information content (AvgIpc) is 2.90. The van der Waals surface area contributed by atoms with Crippen molar-refractivity contribution >= 4 is 27.5 Å². The van der Waals surface area contributed by atoms with Gasteiger partial charge in [0.2, 0.25) is 15.9 Å². The molecule has 1 heterocycles. The molecule has 0 aliphatic carbocycles. The van der Waals surface area contributed by atoms with E-state index >= 15 is 0 Å². The van der Waals surface area contributed by atoms with Crippen LogP contribution in [0.5, 0.6) is 11.5 Å². The largest absolute Gasteiger partial charge is 0.497 e. The molecule has 194 valence electrons. The lowest BCUT2D eigenvalue weighted by molar-refractivity contribution is -0.128. The molecule has 0 spiro atoms. The van der Waals surface area contributed by atoms with Gasteiger partial charge in [0.05, 0.1) is 31.6 Å². The van der Waals surface area contributed by atoms with Gasteiger partial charge in [-0.3, -0.25) is 9.59 Å². The normalized spacial score (nSPS) is 15.7. The number of para-hydroxylation sites is 2. The Bertz CT molecular complexity index is 1350. The van der Waals surface area contributed by atoms with E-state index in [2.05, 4.69) is 10.0 Å². The number of carbonyl (C=O) groups excluding carboxylic acids is 2. The molecular formula is C27H29N3O6S. The zero-order chi connectivity index (χ0) is 26.4. The molecule has 0 radical (unpaired) electrons. The maximum absolute atomic E-state index is 13.6. The minimum absolute atomic E-state index is 0.00925. The van der Waals surface area contributed by atoms with Crippen LogP contribution in [-0.4, -0.2) is 46.2 Å². The van der Waals surface area contributed by atoms with Crippen LogP contribution in [0, 0.1) is 0 Å². The first kappa shape index (κ1) is 26.2. The molecule has 2 N–H and O–H groups in total. The van der Waals surface area contributed by atoms with Crippen LogP contribution in [0.15, 0.2) is 78.9 Å². The van der Waals surface area contributed by atoms with Crippen molar-refractivity contribution in [3.05, 3.63) is 90.0 Å². The number of rotatable bonds is 9. The van der Waals surface area contributed by atoms with Gasteiger partial charge in [-0.1, -0.05) is 54.6 Å². The fraction of sp³-hybridized carbons (Fsp3) is 0.259. The lowest BCUT2D eigenvalue weighted by Crippen LogP contribution is -2.51. The van der Waals surface area contributed by atoms with Gasteiger partial charge in [0, 0.05) is 13.0 Å². The van der Waals surface area contributed by atoms with Gasteiger partial charge in [-0.25, -0.2) is 13.1 Å². The predicted octanol–water partition coefficient (Wildman–Crippen LogP) is 2.79. The summed E-state index contributed by atoms with van der Waals surface area (Å²) in [5, 5.41) is 2.86. The number of nitrogens with one attached hydrogen (secondary N) is 2. The third kappa shape index (κ3) is 6.87. The van der Waals surface area contributed by atoms with Gasteiger partial charge in [-0.2, -0.15) is 0 Å². The summed E-state index contributed by atoms with van der Waals surface area (Å²) in [5.41, 5.74) is 2.07. The van der Waals surface area contributed by atoms with E-state index in [4.69, 9.17) is 9.47 Å². The smallest absolute Gasteiger partial charge is 0.263 e. The van der Waals surface area contributed by atoms with E-state index in [9.17, 15) is 18.0 Å². The molecular weight excluding hydrogens is 494 g/mol. The number of carbonyl (C=O) groups is 2.